The summed E-state index contributed by atoms with van der Waals surface area (Å²) >= 11 is 1.77. The second-order valence-corrected chi connectivity index (χ2v) is 9.61. The molecule has 1 atom stereocenters. The summed E-state index contributed by atoms with van der Waals surface area (Å²) in [5.41, 5.74) is 4.27. The number of nitrogens with zero attached hydrogens (tertiary/aromatic N) is 1. The number of thioether (sulfide) groups is 1. The summed E-state index contributed by atoms with van der Waals surface area (Å²) in [5, 5.41) is 2.81. The molecule has 6 heteroatoms. The number of aryl methyl sites for hydroxylation is 1. The van der Waals surface area contributed by atoms with Crippen LogP contribution in [0.1, 0.15) is 32.7 Å². The predicted octanol–water partition coefficient (Wildman–Crippen LogP) is 5.97. The normalized spacial score (nSPS) is 11.6. The Morgan fingerprint density at radius 1 is 0.889 bits per heavy atom. The van der Waals surface area contributed by atoms with E-state index >= 15 is 0 Å². The first kappa shape index (κ1) is 25.3. The van der Waals surface area contributed by atoms with Gasteiger partial charge in [0.05, 0.1) is 12.2 Å². The molecule has 0 unspecified atom stereocenters. The van der Waals surface area contributed by atoms with Gasteiger partial charge in [-0.2, -0.15) is 0 Å². The van der Waals surface area contributed by atoms with Crippen molar-refractivity contribution in [3.63, 3.8) is 0 Å². The van der Waals surface area contributed by atoms with Gasteiger partial charge in [0.15, 0.2) is 5.78 Å². The Hall–Kier alpha value is -3.77. The molecule has 3 aromatic carbocycles. The number of carbonyl (C=O) groups excluding carboxylic acids is 2. The van der Waals surface area contributed by atoms with E-state index in [4.69, 9.17) is 0 Å². The predicted molar refractivity (Wildman–Crippen MR) is 141 cm³/mol. The maximum Gasteiger partial charge on any atom is 0.270 e. The molecule has 0 spiro atoms. The van der Waals surface area contributed by atoms with Crippen molar-refractivity contribution in [1.29, 1.82) is 0 Å². The number of carbonyl (C=O) groups is 2. The average Bonchev–Trinajstić information content (AvgIpc) is 2.89. The second kappa shape index (κ2) is 12.3. The van der Waals surface area contributed by atoms with Crippen molar-refractivity contribution in [3.8, 4) is 0 Å². The van der Waals surface area contributed by atoms with Gasteiger partial charge in [0.25, 0.3) is 5.91 Å². The van der Waals surface area contributed by atoms with Crippen molar-refractivity contribution in [2.75, 3.05) is 0 Å². The van der Waals surface area contributed by atoms with Crippen LogP contribution in [-0.4, -0.2) is 22.7 Å². The van der Waals surface area contributed by atoms with E-state index < -0.39 is 17.8 Å². The number of rotatable bonds is 10. The SMILES string of the molecule is Cc1cc(CC(=O)[C@H](Cc2ccccc2)NC(=O)c2ccc(F)cn2)ccc1SCc1ccccc1. The van der Waals surface area contributed by atoms with Gasteiger partial charge in [-0.25, -0.2) is 9.37 Å². The number of pyridine rings is 1. The zero-order chi connectivity index (χ0) is 25.3. The van der Waals surface area contributed by atoms with E-state index in [2.05, 4.69) is 28.5 Å². The minimum atomic E-state index is -0.737. The Balaban J connectivity index is 1.45. The molecule has 0 bridgehead atoms. The number of benzene rings is 3. The van der Waals surface area contributed by atoms with Gasteiger partial charge in [-0.3, -0.25) is 9.59 Å². The number of nitrogens with one attached hydrogen (secondary N) is 1. The number of hydrogen-bond acceptors (Lipinski definition) is 4. The fourth-order valence-corrected chi connectivity index (χ4v) is 4.85. The van der Waals surface area contributed by atoms with Crippen LogP contribution in [0.3, 0.4) is 0 Å². The third-order valence-corrected chi connectivity index (χ3v) is 7.04. The Labute approximate surface area is 215 Å². The van der Waals surface area contributed by atoms with Crippen LogP contribution in [0.4, 0.5) is 4.39 Å². The first-order valence-electron chi connectivity index (χ1n) is 11.7. The molecular weight excluding hydrogens is 471 g/mol. The van der Waals surface area contributed by atoms with E-state index in [1.54, 1.807) is 11.8 Å². The van der Waals surface area contributed by atoms with Crippen molar-refractivity contribution in [2.45, 2.75) is 36.5 Å². The molecule has 0 aliphatic carbocycles. The van der Waals surface area contributed by atoms with Crippen molar-refractivity contribution < 1.29 is 14.0 Å². The largest absolute Gasteiger partial charge is 0.341 e. The summed E-state index contributed by atoms with van der Waals surface area (Å²) in [6.07, 6.45) is 1.54. The number of halogens is 1. The molecule has 0 aliphatic rings. The summed E-state index contributed by atoms with van der Waals surface area (Å²) < 4.78 is 13.2. The van der Waals surface area contributed by atoms with Crippen LogP contribution in [-0.2, 0) is 23.4 Å². The molecule has 0 saturated carbocycles. The van der Waals surface area contributed by atoms with E-state index in [-0.39, 0.29) is 17.9 Å². The van der Waals surface area contributed by atoms with Gasteiger partial charge >= 0.3 is 0 Å². The fourth-order valence-electron chi connectivity index (χ4n) is 3.88. The highest BCUT2D eigenvalue weighted by Crippen LogP contribution is 2.27. The van der Waals surface area contributed by atoms with E-state index in [9.17, 15) is 14.0 Å². The number of hydrogen-bond donors (Lipinski definition) is 1. The highest BCUT2D eigenvalue weighted by atomic mass is 32.2. The molecule has 1 heterocycles. The number of Topliss-reactive ketones (excluding diaryl/α,β-unsaturated/α-hetero) is 1. The molecule has 4 aromatic rings. The highest BCUT2D eigenvalue weighted by Gasteiger charge is 2.23. The molecular formula is C30H27FN2O2S. The molecule has 0 saturated heterocycles. The summed E-state index contributed by atoms with van der Waals surface area (Å²) in [6.45, 7) is 2.05. The lowest BCUT2D eigenvalue weighted by Gasteiger charge is -2.18. The van der Waals surface area contributed by atoms with E-state index in [0.29, 0.717) is 6.42 Å². The van der Waals surface area contributed by atoms with Crippen LogP contribution in [0.5, 0.6) is 0 Å². The van der Waals surface area contributed by atoms with E-state index in [1.165, 1.54) is 22.6 Å². The van der Waals surface area contributed by atoms with Crippen LogP contribution in [0.25, 0.3) is 0 Å². The lowest BCUT2D eigenvalue weighted by atomic mass is 9.97. The maximum atomic E-state index is 13.3. The molecule has 1 N–H and O–H groups in total. The molecule has 0 aliphatic heterocycles. The molecule has 1 amide bonds. The van der Waals surface area contributed by atoms with Gasteiger partial charge in [0.2, 0.25) is 0 Å². The monoisotopic (exact) mass is 498 g/mol. The van der Waals surface area contributed by atoms with Crippen LogP contribution in [0.15, 0.2) is 102 Å². The average molecular weight is 499 g/mol. The highest BCUT2D eigenvalue weighted by molar-refractivity contribution is 7.98. The van der Waals surface area contributed by atoms with Gasteiger partial charge in [-0.1, -0.05) is 72.8 Å². The zero-order valence-corrected chi connectivity index (χ0v) is 20.8. The number of aromatic nitrogens is 1. The minimum Gasteiger partial charge on any atom is -0.341 e. The molecule has 0 fully saturated rings. The Morgan fingerprint density at radius 2 is 1.58 bits per heavy atom. The Bertz CT molecular complexity index is 1310. The van der Waals surface area contributed by atoms with E-state index in [1.807, 2.05) is 67.6 Å². The van der Waals surface area contributed by atoms with Gasteiger partial charge in [0.1, 0.15) is 11.5 Å². The van der Waals surface area contributed by atoms with Gasteiger partial charge < -0.3 is 5.32 Å². The quantitative estimate of drug-likeness (QED) is 0.274. The van der Waals surface area contributed by atoms with Crippen molar-refractivity contribution in [2.24, 2.45) is 0 Å². The first-order valence-corrected chi connectivity index (χ1v) is 12.7. The maximum absolute atomic E-state index is 13.3. The van der Waals surface area contributed by atoms with Crippen molar-refractivity contribution in [1.82, 2.24) is 10.3 Å². The Morgan fingerprint density at radius 3 is 2.22 bits per heavy atom. The van der Waals surface area contributed by atoms with E-state index in [0.717, 1.165) is 28.6 Å². The Kier molecular flexibility index (Phi) is 8.63. The molecule has 0 radical (unpaired) electrons. The first-order chi connectivity index (χ1) is 17.5. The van der Waals surface area contributed by atoms with Crippen LogP contribution in [0, 0.1) is 12.7 Å². The van der Waals surface area contributed by atoms with Crippen molar-refractivity contribution in [3.05, 3.63) is 131 Å². The summed E-state index contributed by atoms with van der Waals surface area (Å²) in [6, 6.07) is 27.7. The molecule has 4 rings (SSSR count). The van der Waals surface area contributed by atoms with Gasteiger partial charge in [0, 0.05) is 17.1 Å². The standard InChI is InChI=1S/C30H27FN2O2S/c1-21-16-24(12-15-29(21)36-20-23-10-6-3-7-11-23)18-28(34)27(17-22-8-4-2-5-9-22)33-30(35)26-14-13-25(31)19-32-26/h2-16,19,27H,17-18,20H2,1H3,(H,33,35)/t27-/m0/s1. The second-order valence-electron chi connectivity index (χ2n) is 8.59. The minimum absolute atomic E-state index is 0.0675. The summed E-state index contributed by atoms with van der Waals surface area (Å²) in [4.78, 5) is 31.1. The van der Waals surface area contributed by atoms with Crippen molar-refractivity contribution >= 4 is 23.5 Å². The van der Waals surface area contributed by atoms with Crippen LogP contribution in [0.2, 0.25) is 0 Å². The molecule has 182 valence electrons. The fraction of sp³-hybridized carbons (Fsp3) is 0.167. The van der Waals surface area contributed by atoms with Crippen LogP contribution < -0.4 is 5.32 Å². The lowest BCUT2D eigenvalue weighted by Crippen LogP contribution is -2.43. The third-order valence-electron chi connectivity index (χ3n) is 5.79. The van der Waals surface area contributed by atoms with Gasteiger partial charge in [-0.05, 0) is 53.8 Å². The molecule has 4 nitrogen and oxygen atoms in total. The summed E-state index contributed by atoms with van der Waals surface area (Å²) in [5.74, 6) is -0.251. The lowest BCUT2D eigenvalue weighted by molar-refractivity contribution is -0.120. The molecule has 1 aromatic heterocycles. The smallest absolute Gasteiger partial charge is 0.270 e. The van der Waals surface area contributed by atoms with Crippen LogP contribution >= 0.6 is 11.8 Å². The van der Waals surface area contributed by atoms with Gasteiger partial charge in [-0.15, -0.1) is 11.8 Å². The topological polar surface area (TPSA) is 59.1 Å². The zero-order valence-electron chi connectivity index (χ0n) is 20.0. The summed E-state index contributed by atoms with van der Waals surface area (Å²) in [7, 11) is 0. The third kappa shape index (κ3) is 7.12. The molecule has 36 heavy (non-hydrogen) atoms. The number of amides is 1. The number of ketones is 1.